The SMILES string of the molecule is CCc1ccc(C(NNOc2ccc(CC)c(Cl)c2)/C(N)=C/C=C(\C)Br)cc1. The molecule has 0 heterocycles. The normalized spacial score (nSPS) is 13.5. The minimum Gasteiger partial charge on any atom is -0.400 e. The van der Waals surface area contributed by atoms with Crippen LogP contribution < -0.4 is 21.6 Å². The van der Waals surface area contributed by atoms with E-state index in [1.165, 1.54) is 5.56 Å². The molecule has 0 saturated heterocycles. The second-order valence-corrected chi connectivity index (χ2v) is 8.06. The van der Waals surface area contributed by atoms with Gasteiger partial charge in [0.05, 0.1) is 6.04 Å². The Kier molecular flexibility index (Phi) is 9.06. The van der Waals surface area contributed by atoms with E-state index in [1.54, 1.807) is 6.07 Å². The molecule has 0 aliphatic carbocycles. The molecule has 4 N–H and O–H groups in total. The van der Waals surface area contributed by atoms with Crippen LogP contribution in [0.25, 0.3) is 0 Å². The van der Waals surface area contributed by atoms with Crippen molar-refractivity contribution < 1.29 is 4.84 Å². The number of rotatable bonds is 9. The van der Waals surface area contributed by atoms with Crippen molar-refractivity contribution >= 4 is 27.5 Å². The van der Waals surface area contributed by atoms with Crippen LogP contribution in [0.2, 0.25) is 5.02 Å². The smallest absolute Gasteiger partial charge is 0.150 e. The highest BCUT2D eigenvalue weighted by atomic mass is 79.9. The fraction of sp³-hybridized carbons (Fsp3) is 0.273. The molecular formula is C22H27BrClN3O. The summed E-state index contributed by atoms with van der Waals surface area (Å²) in [6, 6.07) is 13.7. The third-order valence-electron chi connectivity index (χ3n) is 4.34. The van der Waals surface area contributed by atoms with Gasteiger partial charge in [0, 0.05) is 16.8 Å². The molecule has 0 aliphatic rings. The van der Waals surface area contributed by atoms with Crippen molar-refractivity contribution in [2.75, 3.05) is 0 Å². The highest BCUT2D eigenvalue weighted by Crippen LogP contribution is 2.23. The number of aryl methyl sites for hydroxylation is 2. The fourth-order valence-corrected chi connectivity index (χ4v) is 3.07. The molecule has 150 valence electrons. The Morgan fingerprint density at radius 1 is 1.14 bits per heavy atom. The van der Waals surface area contributed by atoms with Crippen LogP contribution in [0, 0.1) is 0 Å². The lowest BCUT2D eigenvalue weighted by atomic mass is 10.0. The van der Waals surface area contributed by atoms with Crippen molar-refractivity contribution in [3.63, 3.8) is 0 Å². The third-order valence-corrected chi connectivity index (χ3v) is 4.95. The molecule has 0 amide bonds. The first-order valence-electron chi connectivity index (χ1n) is 9.28. The Balaban J connectivity index is 2.13. The maximum Gasteiger partial charge on any atom is 0.150 e. The fourth-order valence-electron chi connectivity index (χ4n) is 2.64. The summed E-state index contributed by atoms with van der Waals surface area (Å²) in [7, 11) is 0. The highest BCUT2D eigenvalue weighted by molar-refractivity contribution is 9.11. The maximum absolute atomic E-state index is 6.33. The molecule has 1 atom stereocenters. The molecule has 0 aliphatic heterocycles. The zero-order chi connectivity index (χ0) is 20.5. The van der Waals surface area contributed by atoms with E-state index in [-0.39, 0.29) is 6.04 Å². The van der Waals surface area contributed by atoms with Gasteiger partial charge in [-0.25, -0.2) is 5.43 Å². The van der Waals surface area contributed by atoms with E-state index >= 15 is 0 Å². The molecule has 6 heteroatoms. The van der Waals surface area contributed by atoms with Gasteiger partial charge in [0.25, 0.3) is 0 Å². The van der Waals surface area contributed by atoms with Gasteiger partial charge < -0.3 is 10.6 Å². The Hall–Kier alpha value is -1.79. The van der Waals surface area contributed by atoms with E-state index in [9.17, 15) is 0 Å². The first-order valence-corrected chi connectivity index (χ1v) is 10.5. The van der Waals surface area contributed by atoms with Crippen molar-refractivity contribution in [1.82, 2.24) is 11.0 Å². The second kappa shape index (κ2) is 11.3. The van der Waals surface area contributed by atoms with Crippen LogP contribution in [0.15, 0.2) is 64.8 Å². The van der Waals surface area contributed by atoms with Crippen LogP contribution in [0.5, 0.6) is 5.75 Å². The molecule has 0 bridgehead atoms. The Morgan fingerprint density at radius 2 is 1.86 bits per heavy atom. The van der Waals surface area contributed by atoms with Crippen LogP contribution in [-0.4, -0.2) is 0 Å². The molecule has 1 unspecified atom stereocenters. The Labute approximate surface area is 180 Å². The van der Waals surface area contributed by atoms with E-state index in [0.717, 1.165) is 28.5 Å². The zero-order valence-corrected chi connectivity index (χ0v) is 18.8. The zero-order valence-electron chi connectivity index (χ0n) is 16.4. The minimum absolute atomic E-state index is 0.264. The van der Waals surface area contributed by atoms with E-state index in [1.807, 2.05) is 31.2 Å². The summed E-state index contributed by atoms with van der Waals surface area (Å²) in [5.41, 5.74) is 16.3. The van der Waals surface area contributed by atoms with Crippen LogP contribution in [0.1, 0.15) is 43.5 Å². The monoisotopic (exact) mass is 463 g/mol. The van der Waals surface area contributed by atoms with Gasteiger partial charge >= 0.3 is 0 Å². The average molecular weight is 465 g/mol. The van der Waals surface area contributed by atoms with Gasteiger partial charge in [0.1, 0.15) is 0 Å². The first-order chi connectivity index (χ1) is 13.4. The van der Waals surface area contributed by atoms with Crippen molar-refractivity contribution in [1.29, 1.82) is 0 Å². The molecule has 0 fully saturated rings. The van der Waals surface area contributed by atoms with Gasteiger partial charge in [-0.2, -0.15) is 0 Å². The lowest BCUT2D eigenvalue weighted by Gasteiger charge is -2.21. The summed E-state index contributed by atoms with van der Waals surface area (Å²) < 4.78 is 0.991. The summed E-state index contributed by atoms with van der Waals surface area (Å²) in [5, 5.41) is 0.686. The predicted octanol–water partition coefficient (Wildman–Crippen LogP) is 5.74. The summed E-state index contributed by atoms with van der Waals surface area (Å²) in [4.78, 5) is 5.61. The second-order valence-electron chi connectivity index (χ2n) is 6.40. The molecule has 2 aromatic carbocycles. The number of benzene rings is 2. The number of hydrogen-bond donors (Lipinski definition) is 3. The quantitative estimate of drug-likeness (QED) is 0.327. The summed E-state index contributed by atoms with van der Waals surface area (Å²) in [6.45, 7) is 6.15. The van der Waals surface area contributed by atoms with Crippen LogP contribution in [0.4, 0.5) is 0 Å². The number of nitrogens with one attached hydrogen (secondary N) is 2. The van der Waals surface area contributed by atoms with Gasteiger partial charge in [0.15, 0.2) is 5.75 Å². The molecule has 2 rings (SSSR count). The van der Waals surface area contributed by atoms with E-state index in [2.05, 4.69) is 65.1 Å². The van der Waals surface area contributed by atoms with Crippen LogP contribution in [-0.2, 0) is 12.8 Å². The summed E-state index contributed by atoms with van der Waals surface area (Å²) in [5.74, 6) is 0.619. The molecule has 0 radical (unpaired) electrons. The predicted molar refractivity (Wildman–Crippen MR) is 121 cm³/mol. The third kappa shape index (κ3) is 6.67. The van der Waals surface area contributed by atoms with Gasteiger partial charge in [-0.05, 0) is 53.1 Å². The summed E-state index contributed by atoms with van der Waals surface area (Å²) >= 11 is 9.67. The van der Waals surface area contributed by atoms with Crippen LogP contribution in [0.3, 0.4) is 0 Å². The standard InChI is InChI=1S/C22H27BrClN3O/c1-4-16-7-9-18(10-8-16)22(21(25)13-6-15(3)23)26-27-28-19-12-11-17(5-2)20(24)14-19/h6-14,22,26-27H,4-5,25H2,1-3H3/b15-6+,21-13-. The van der Waals surface area contributed by atoms with Crippen molar-refractivity contribution in [3.8, 4) is 5.75 Å². The lowest BCUT2D eigenvalue weighted by molar-refractivity contribution is 0.137. The molecule has 0 aromatic heterocycles. The topological polar surface area (TPSA) is 59.3 Å². The number of hydrogen-bond acceptors (Lipinski definition) is 4. The largest absolute Gasteiger partial charge is 0.400 e. The minimum atomic E-state index is -0.264. The van der Waals surface area contributed by atoms with E-state index < -0.39 is 0 Å². The molecule has 0 spiro atoms. The van der Waals surface area contributed by atoms with Crippen molar-refractivity contribution in [3.05, 3.63) is 86.5 Å². The Morgan fingerprint density at radius 3 is 2.43 bits per heavy atom. The van der Waals surface area contributed by atoms with E-state index in [4.69, 9.17) is 22.2 Å². The molecule has 4 nitrogen and oxygen atoms in total. The molecular weight excluding hydrogens is 438 g/mol. The van der Waals surface area contributed by atoms with E-state index in [0.29, 0.717) is 16.5 Å². The first kappa shape index (κ1) is 22.5. The number of allylic oxidation sites excluding steroid dienone is 3. The van der Waals surface area contributed by atoms with Gasteiger partial charge in [-0.1, -0.05) is 83.4 Å². The number of hydrazine groups is 1. The number of halogens is 2. The van der Waals surface area contributed by atoms with Gasteiger partial charge in [-0.3, -0.25) is 0 Å². The number of nitrogens with two attached hydrogens (primary N) is 1. The highest BCUT2D eigenvalue weighted by Gasteiger charge is 2.14. The van der Waals surface area contributed by atoms with Gasteiger partial charge in [-0.15, -0.1) is 0 Å². The Bertz CT molecular complexity index is 830. The van der Waals surface area contributed by atoms with Crippen molar-refractivity contribution in [2.45, 2.75) is 39.7 Å². The average Bonchev–Trinajstić information content (AvgIpc) is 2.69. The maximum atomic E-state index is 6.33. The van der Waals surface area contributed by atoms with Gasteiger partial charge in [0.2, 0.25) is 0 Å². The van der Waals surface area contributed by atoms with Crippen molar-refractivity contribution in [2.24, 2.45) is 5.73 Å². The molecule has 28 heavy (non-hydrogen) atoms. The molecule has 2 aromatic rings. The molecule has 0 saturated carbocycles. The lowest BCUT2D eigenvalue weighted by Crippen LogP contribution is -2.40. The van der Waals surface area contributed by atoms with Crippen LogP contribution >= 0.6 is 27.5 Å². The summed E-state index contributed by atoms with van der Waals surface area (Å²) in [6.07, 6.45) is 5.64.